The largest absolute Gasteiger partial charge is 0.545 e. The van der Waals surface area contributed by atoms with E-state index in [9.17, 15) is 14.7 Å². The summed E-state index contributed by atoms with van der Waals surface area (Å²) in [4.78, 5) is 24.2. The number of fused-ring (bicyclic) bond motifs is 1. The zero-order valence-corrected chi connectivity index (χ0v) is 6.92. The molecule has 0 radical (unpaired) electrons. The first-order valence-electron chi connectivity index (χ1n) is 4.15. The Bertz CT molecular complexity index is 419. The van der Waals surface area contributed by atoms with Crippen molar-refractivity contribution in [2.24, 2.45) is 0 Å². The number of hydrogen-bond acceptors (Lipinski definition) is 3. The molecule has 0 bridgehead atoms. The Morgan fingerprint density at radius 3 is 2.92 bits per heavy atom. The standard InChI is InChI=1S/C9H9NO3/c11-8-6(9(12)13)4-5-2-1-3-7(5)10-8/h4H,1-3H2,(H,10,11)(H,12,13)/p-1. The summed E-state index contributed by atoms with van der Waals surface area (Å²) in [6.07, 6.45) is 2.64. The first-order valence-corrected chi connectivity index (χ1v) is 4.15. The number of hydrogen-bond donors (Lipinski definition) is 1. The SMILES string of the molecule is O=C([O-])c1cc2c([nH]c1=O)CCC2. The lowest BCUT2D eigenvalue weighted by Crippen LogP contribution is -2.30. The maximum atomic E-state index is 11.1. The molecule has 1 aliphatic carbocycles. The van der Waals surface area contributed by atoms with Crippen molar-refractivity contribution in [2.45, 2.75) is 19.3 Å². The summed E-state index contributed by atoms with van der Waals surface area (Å²) in [6.45, 7) is 0. The molecule has 13 heavy (non-hydrogen) atoms. The molecule has 0 saturated heterocycles. The highest BCUT2D eigenvalue weighted by molar-refractivity contribution is 5.85. The normalized spacial score (nSPS) is 14.2. The molecule has 0 fully saturated rings. The third-order valence-corrected chi connectivity index (χ3v) is 2.31. The van der Waals surface area contributed by atoms with Gasteiger partial charge in [0.15, 0.2) is 0 Å². The van der Waals surface area contributed by atoms with Crippen molar-refractivity contribution in [1.82, 2.24) is 4.98 Å². The van der Waals surface area contributed by atoms with Crippen LogP contribution < -0.4 is 10.7 Å². The van der Waals surface area contributed by atoms with E-state index in [2.05, 4.69) is 4.98 Å². The number of nitrogens with one attached hydrogen (secondary N) is 1. The molecule has 2 rings (SSSR count). The summed E-state index contributed by atoms with van der Waals surface area (Å²) in [6, 6.07) is 1.43. The average Bonchev–Trinajstić information content (AvgIpc) is 2.48. The van der Waals surface area contributed by atoms with E-state index in [0.29, 0.717) is 0 Å². The highest BCUT2D eigenvalue weighted by Crippen LogP contribution is 2.18. The topological polar surface area (TPSA) is 73.0 Å². The van der Waals surface area contributed by atoms with E-state index in [4.69, 9.17) is 0 Å². The highest BCUT2D eigenvalue weighted by Gasteiger charge is 2.13. The van der Waals surface area contributed by atoms with Gasteiger partial charge < -0.3 is 14.9 Å². The molecule has 1 aromatic rings. The number of carbonyl (C=O) groups excluding carboxylic acids is 1. The van der Waals surface area contributed by atoms with Crippen LogP contribution >= 0.6 is 0 Å². The van der Waals surface area contributed by atoms with Gasteiger partial charge in [-0.1, -0.05) is 0 Å². The molecule has 4 heteroatoms. The van der Waals surface area contributed by atoms with E-state index < -0.39 is 11.5 Å². The van der Waals surface area contributed by atoms with Gasteiger partial charge in [0.2, 0.25) is 0 Å². The monoisotopic (exact) mass is 178 g/mol. The molecule has 1 aromatic heterocycles. The van der Waals surface area contributed by atoms with Crippen LogP contribution in [0.15, 0.2) is 10.9 Å². The molecule has 0 aromatic carbocycles. The number of carboxylic acid groups (broad SMARTS) is 1. The molecule has 0 unspecified atom stereocenters. The van der Waals surface area contributed by atoms with Crippen LogP contribution in [-0.4, -0.2) is 11.0 Å². The summed E-state index contributed by atoms with van der Waals surface area (Å²) < 4.78 is 0. The van der Waals surface area contributed by atoms with Crippen LogP contribution in [0.1, 0.15) is 28.0 Å². The Morgan fingerprint density at radius 1 is 1.46 bits per heavy atom. The molecule has 0 atom stereocenters. The first kappa shape index (κ1) is 8.04. The third kappa shape index (κ3) is 1.24. The van der Waals surface area contributed by atoms with E-state index in [1.54, 1.807) is 0 Å². The van der Waals surface area contributed by atoms with Gasteiger partial charge in [-0.15, -0.1) is 0 Å². The fourth-order valence-corrected chi connectivity index (χ4v) is 1.66. The van der Waals surface area contributed by atoms with Gasteiger partial charge >= 0.3 is 0 Å². The van der Waals surface area contributed by atoms with Crippen molar-refractivity contribution in [2.75, 3.05) is 0 Å². The van der Waals surface area contributed by atoms with Crippen molar-refractivity contribution in [1.29, 1.82) is 0 Å². The van der Waals surface area contributed by atoms with Crippen LogP contribution in [0.25, 0.3) is 0 Å². The summed E-state index contributed by atoms with van der Waals surface area (Å²) in [5.41, 5.74) is 0.982. The van der Waals surface area contributed by atoms with Gasteiger partial charge in [-0.3, -0.25) is 4.79 Å². The van der Waals surface area contributed by atoms with E-state index in [1.165, 1.54) is 6.07 Å². The van der Waals surface area contributed by atoms with Crippen molar-refractivity contribution in [3.8, 4) is 0 Å². The van der Waals surface area contributed by atoms with Crippen molar-refractivity contribution >= 4 is 5.97 Å². The van der Waals surface area contributed by atoms with E-state index in [0.717, 1.165) is 30.5 Å². The molecule has 68 valence electrons. The second-order valence-corrected chi connectivity index (χ2v) is 3.16. The second kappa shape index (κ2) is 2.73. The lowest BCUT2D eigenvalue weighted by molar-refractivity contribution is -0.255. The summed E-state index contributed by atoms with van der Waals surface area (Å²) in [5.74, 6) is -1.41. The lowest BCUT2D eigenvalue weighted by Gasteiger charge is -2.04. The van der Waals surface area contributed by atoms with Crippen LogP contribution in [0.2, 0.25) is 0 Å². The molecule has 1 N–H and O–H groups in total. The van der Waals surface area contributed by atoms with Gasteiger partial charge in [-0.05, 0) is 30.9 Å². The maximum absolute atomic E-state index is 11.1. The Hall–Kier alpha value is -1.58. The maximum Gasteiger partial charge on any atom is 0.257 e. The van der Waals surface area contributed by atoms with E-state index in [1.807, 2.05) is 0 Å². The number of H-pyrrole nitrogens is 1. The number of rotatable bonds is 1. The zero-order chi connectivity index (χ0) is 9.42. The number of carbonyl (C=O) groups is 1. The zero-order valence-electron chi connectivity index (χ0n) is 6.92. The number of aromatic carboxylic acids is 1. The van der Waals surface area contributed by atoms with Gasteiger partial charge in [-0.2, -0.15) is 0 Å². The molecular weight excluding hydrogens is 170 g/mol. The Morgan fingerprint density at radius 2 is 2.23 bits per heavy atom. The van der Waals surface area contributed by atoms with Gasteiger partial charge in [-0.25, -0.2) is 0 Å². The van der Waals surface area contributed by atoms with Crippen LogP contribution in [-0.2, 0) is 12.8 Å². The predicted molar refractivity (Wildman–Crippen MR) is 43.4 cm³/mol. The average molecular weight is 178 g/mol. The minimum Gasteiger partial charge on any atom is -0.545 e. The van der Waals surface area contributed by atoms with Crippen molar-refractivity contribution in [3.05, 3.63) is 33.2 Å². The molecular formula is C9H8NO3-. The first-order chi connectivity index (χ1) is 6.18. The Kier molecular flexibility index (Phi) is 1.69. The van der Waals surface area contributed by atoms with Crippen LogP contribution in [0.4, 0.5) is 0 Å². The van der Waals surface area contributed by atoms with Gasteiger partial charge in [0.05, 0.1) is 11.5 Å². The minimum atomic E-state index is -1.41. The van der Waals surface area contributed by atoms with E-state index >= 15 is 0 Å². The Balaban J connectivity index is 2.62. The minimum absolute atomic E-state index is 0.263. The fraction of sp³-hybridized carbons (Fsp3) is 0.333. The van der Waals surface area contributed by atoms with Crippen LogP contribution in [0, 0.1) is 0 Å². The summed E-state index contributed by atoms with van der Waals surface area (Å²) >= 11 is 0. The van der Waals surface area contributed by atoms with E-state index in [-0.39, 0.29) is 5.56 Å². The third-order valence-electron chi connectivity index (χ3n) is 2.31. The molecule has 0 aliphatic heterocycles. The lowest BCUT2D eigenvalue weighted by atomic mass is 10.1. The summed E-state index contributed by atoms with van der Waals surface area (Å²) in [7, 11) is 0. The summed E-state index contributed by atoms with van der Waals surface area (Å²) in [5, 5.41) is 10.5. The molecule has 0 spiro atoms. The van der Waals surface area contributed by atoms with Crippen LogP contribution in [0.5, 0.6) is 0 Å². The number of carboxylic acids is 1. The van der Waals surface area contributed by atoms with Gasteiger partial charge in [0.1, 0.15) is 0 Å². The molecule has 0 amide bonds. The number of aromatic amines is 1. The number of aromatic nitrogens is 1. The highest BCUT2D eigenvalue weighted by atomic mass is 16.4. The smallest absolute Gasteiger partial charge is 0.257 e. The molecule has 1 aliphatic rings. The quantitative estimate of drug-likeness (QED) is 0.613. The Labute approximate surface area is 74.2 Å². The predicted octanol–water partition coefficient (Wildman–Crippen LogP) is -0.773. The number of aryl methyl sites for hydroxylation is 2. The van der Waals surface area contributed by atoms with Crippen molar-refractivity contribution in [3.63, 3.8) is 0 Å². The van der Waals surface area contributed by atoms with Crippen LogP contribution in [0.3, 0.4) is 0 Å². The molecule has 0 saturated carbocycles. The molecule has 4 nitrogen and oxygen atoms in total. The van der Waals surface area contributed by atoms with Gasteiger partial charge in [0, 0.05) is 5.69 Å². The molecule has 1 heterocycles. The number of pyridine rings is 1. The second-order valence-electron chi connectivity index (χ2n) is 3.16. The van der Waals surface area contributed by atoms with Crippen molar-refractivity contribution < 1.29 is 9.90 Å². The fourth-order valence-electron chi connectivity index (χ4n) is 1.66. The van der Waals surface area contributed by atoms with Gasteiger partial charge in [0.25, 0.3) is 5.56 Å².